The third-order valence-corrected chi connectivity index (χ3v) is 5.54. The van der Waals surface area contributed by atoms with Crippen LogP contribution in [0.2, 0.25) is 5.02 Å². The fraction of sp³-hybridized carbons (Fsp3) is 0.130. The minimum absolute atomic E-state index is 0.0878. The maximum atomic E-state index is 12.6. The molecule has 0 aliphatic rings. The van der Waals surface area contributed by atoms with Crippen molar-refractivity contribution in [3.8, 4) is 5.75 Å². The van der Waals surface area contributed by atoms with Gasteiger partial charge in [0.15, 0.2) is 12.4 Å². The van der Waals surface area contributed by atoms with Gasteiger partial charge in [0.05, 0.1) is 5.02 Å². The molecule has 2 N–H and O–H groups in total. The highest BCUT2D eigenvalue weighted by atomic mass is 79.9. The number of aromatic nitrogens is 4. The van der Waals surface area contributed by atoms with Crippen LogP contribution in [-0.4, -0.2) is 31.4 Å². The molecule has 0 saturated heterocycles. The van der Waals surface area contributed by atoms with Gasteiger partial charge in [-0.3, -0.25) is 14.3 Å². The number of rotatable bonds is 8. The van der Waals surface area contributed by atoms with Gasteiger partial charge in [0.25, 0.3) is 11.8 Å². The Morgan fingerprint density at radius 2 is 1.82 bits per heavy atom. The summed E-state index contributed by atoms with van der Waals surface area (Å²) in [6.07, 6.45) is 3.21. The van der Waals surface area contributed by atoms with E-state index >= 15 is 0 Å². The molecule has 0 aliphatic carbocycles. The van der Waals surface area contributed by atoms with E-state index in [0.717, 1.165) is 4.47 Å². The topological polar surface area (TPSA) is 103 Å². The van der Waals surface area contributed by atoms with Gasteiger partial charge in [-0.2, -0.15) is 10.2 Å². The van der Waals surface area contributed by atoms with Gasteiger partial charge in [0.2, 0.25) is 0 Å². The zero-order chi connectivity index (χ0) is 24.1. The van der Waals surface area contributed by atoms with Crippen molar-refractivity contribution in [2.24, 2.45) is 0 Å². The minimum atomic E-state index is -0.395. The number of ether oxygens (including phenoxy) is 1. The average molecular weight is 544 g/mol. The Morgan fingerprint density at radius 1 is 1.06 bits per heavy atom. The molecule has 9 nitrogen and oxygen atoms in total. The van der Waals surface area contributed by atoms with Gasteiger partial charge in [0, 0.05) is 34.8 Å². The molecule has 0 aliphatic heterocycles. The van der Waals surface area contributed by atoms with Crippen molar-refractivity contribution in [2.75, 3.05) is 10.6 Å². The first kappa shape index (κ1) is 23.5. The van der Waals surface area contributed by atoms with E-state index in [1.54, 1.807) is 65.6 Å². The molecule has 0 radical (unpaired) electrons. The summed E-state index contributed by atoms with van der Waals surface area (Å²) in [7, 11) is 0. The Hall–Kier alpha value is -3.63. The first-order valence-electron chi connectivity index (χ1n) is 10.3. The van der Waals surface area contributed by atoms with Crippen molar-refractivity contribution < 1.29 is 14.3 Å². The second-order valence-electron chi connectivity index (χ2n) is 7.11. The SMILES string of the molecule is CCn1nccc1C(=O)Nc1cccc(NC(=O)c2ccn(COc3ccc(Br)cc3Cl)n2)c1. The van der Waals surface area contributed by atoms with Gasteiger partial charge >= 0.3 is 0 Å². The maximum Gasteiger partial charge on any atom is 0.276 e. The van der Waals surface area contributed by atoms with Crippen LogP contribution in [0.1, 0.15) is 27.9 Å². The lowest BCUT2D eigenvalue weighted by molar-refractivity contribution is 0.101. The maximum absolute atomic E-state index is 12.6. The highest BCUT2D eigenvalue weighted by molar-refractivity contribution is 9.10. The third-order valence-electron chi connectivity index (χ3n) is 4.75. The van der Waals surface area contributed by atoms with Gasteiger partial charge in [-0.15, -0.1) is 0 Å². The van der Waals surface area contributed by atoms with E-state index in [-0.39, 0.29) is 18.3 Å². The standard InChI is InChI=1S/C23H20BrClN6O3/c1-2-31-20(8-10-26-31)23(33)28-17-5-3-4-16(13-17)27-22(32)19-9-11-30(29-19)14-34-21-7-6-15(24)12-18(21)25/h3-13H,2,14H2,1H3,(H,27,32)(H,28,33). The number of hydrogen-bond donors (Lipinski definition) is 2. The smallest absolute Gasteiger partial charge is 0.276 e. The minimum Gasteiger partial charge on any atom is -0.470 e. The molecule has 0 fully saturated rings. The normalized spacial score (nSPS) is 10.7. The van der Waals surface area contributed by atoms with Crippen molar-refractivity contribution in [3.05, 3.63) is 87.9 Å². The third kappa shape index (κ3) is 5.64. The number of carbonyl (C=O) groups is 2. The molecule has 4 aromatic rings. The highest BCUT2D eigenvalue weighted by Crippen LogP contribution is 2.28. The summed E-state index contributed by atoms with van der Waals surface area (Å²) in [5.74, 6) is -0.173. The van der Waals surface area contributed by atoms with E-state index < -0.39 is 5.91 Å². The number of benzene rings is 2. The highest BCUT2D eigenvalue weighted by Gasteiger charge is 2.13. The zero-order valence-electron chi connectivity index (χ0n) is 18.0. The van der Waals surface area contributed by atoms with Gasteiger partial charge in [-0.05, 0) is 55.5 Å². The van der Waals surface area contributed by atoms with Gasteiger partial charge < -0.3 is 15.4 Å². The molecule has 0 atom stereocenters. The number of nitrogens with zero attached hydrogens (tertiary/aromatic N) is 4. The van der Waals surface area contributed by atoms with Crippen molar-refractivity contribution in [1.82, 2.24) is 19.6 Å². The molecule has 2 aromatic carbocycles. The zero-order valence-corrected chi connectivity index (χ0v) is 20.4. The Bertz CT molecular complexity index is 1340. The molecule has 174 valence electrons. The largest absolute Gasteiger partial charge is 0.470 e. The van der Waals surface area contributed by atoms with Crippen molar-refractivity contribution in [1.29, 1.82) is 0 Å². The fourth-order valence-corrected chi connectivity index (χ4v) is 3.85. The van der Waals surface area contributed by atoms with Crippen molar-refractivity contribution in [3.63, 3.8) is 0 Å². The monoisotopic (exact) mass is 542 g/mol. The first-order chi connectivity index (χ1) is 16.4. The van der Waals surface area contributed by atoms with Gasteiger partial charge in [-0.1, -0.05) is 33.6 Å². The number of aryl methyl sites for hydroxylation is 1. The summed E-state index contributed by atoms with van der Waals surface area (Å²) in [5, 5.41) is 14.4. The number of nitrogens with one attached hydrogen (secondary N) is 2. The molecule has 0 unspecified atom stereocenters. The van der Waals surface area contributed by atoms with Crippen LogP contribution in [0.4, 0.5) is 11.4 Å². The van der Waals surface area contributed by atoms with E-state index in [4.69, 9.17) is 16.3 Å². The summed E-state index contributed by atoms with van der Waals surface area (Å²) < 4.78 is 9.59. The molecular weight excluding hydrogens is 524 g/mol. The van der Waals surface area contributed by atoms with E-state index in [1.165, 1.54) is 4.68 Å². The van der Waals surface area contributed by atoms with Crippen molar-refractivity contribution in [2.45, 2.75) is 20.2 Å². The lowest BCUT2D eigenvalue weighted by Gasteiger charge is -2.09. The van der Waals surface area contributed by atoms with Crippen LogP contribution >= 0.6 is 27.5 Å². The second-order valence-corrected chi connectivity index (χ2v) is 8.43. The summed E-state index contributed by atoms with van der Waals surface area (Å²) in [5.41, 5.74) is 1.72. The van der Waals surface area contributed by atoms with Crippen LogP contribution in [0, 0.1) is 0 Å². The Balaban J connectivity index is 1.36. The molecule has 0 saturated carbocycles. The molecule has 34 heavy (non-hydrogen) atoms. The van der Waals surface area contributed by atoms with Crippen molar-refractivity contribution >= 4 is 50.7 Å². The van der Waals surface area contributed by atoms with Gasteiger partial charge in [-0.25, -0.2) is 4.68 Å². The molecule has 2 amide bonds. The van der Waals surface area contributed by atoms with E-state index in [9.17, 15) is 9.59 Å². The summed E-state index contributed by atoms with van der Waals surface area (Å²) in [4.78, 5) is 25.2. The summed E-state index contributed by atoms with van der Waals surface area (Å²) >= 11 is 9.49. The van der Waals surface area contributed by atoms with E-state index in [0.29, 0.717) is 34.4 Å². The van der Waals surface area contributed by atoms with E-state index in [1.807, 2.05) is 13.0 Å². The van der Waals surface area contributed by atoms with Gasteiger partial charge in [0.1, 0.15) is 11.4 Å². The number of carbonyl (C=O) groups excluding carboxylic acids is 2. The summed E-state index contributed by atoms with van der Waals surface area (Å²) in [6.45, 7) is 2.58. The Labute approximate surface area is 208 Å². The van der Waals surface area contributed by atoms with Crippen LogP contribution < -0.4 is 15.4 Å². The van der Waals surface area contributed by atoms with Crippen LogP contribution in [0.5, 0.6) is 5.75 Å². The average Bonchev–Trinajstić information content (AvgIpc) is 3.48. The Morgan fingerprint density at radius 3 is 2.56 bits per heavy atom. The molecule has 0 spiro atoms. The molecule has 0 bridgehead atoms. The Kier molecular flexibility index (Phi) is 7.29. The summed E-state index contributed by atoms with van der Waals surface area (Å²) in [6, 6.07) is 15.4. The predicted octanol–water partition coefficient (Wildman–Crippen LogP) is 5.06. The first-order valence-corrected chi connectivity index (χ1v) is 11.5. The molecule has 11 heteroatoms. The lowest BCUT2D eigenvalue weighted by Crippen LogP contribution is -2.18. The van der Waals surface area contributed by atoms with E-state index in [2.05, 4.69) is 36.8 Å². The quantitative estimate of drug-likeness (QED) is 0.323. The fourth-order valence-electron chi connectivity index (χ4n) is 3.13. The molecule has 4 rings (SSSR count). The van der Waals surface area contributed by atoms with Crippen LogP contribution in [0.25, 0.3) is 0 Å². The molecule has 2 heterocycles. The predicted molar refractivity (Wildman–Crippen MR) is 132 cm³/mol. The lowest BCUT2D eigenvalue weighted by atomic mass is 10.2. The molecular formula is C23H20BrClN6O3. The number of amides is 2. The molecule has 2 aromatic heterocycles. The van der Waals surface area contributed by atoms with Crippen LogP contribution in [0.15, 0.2) is 71.5 Å². The number of hydrogen-bond acceptors (Lipinski definition) is 5. The second kappa shape index (κ2) is 10.5. The van der Waals surface area contributed by atoms with Crippen LogP contribution in [0.3, 0.4) is 0 Å². The number of halogens is 2. The number of anilines is 2. The van der Waals surface area contributed by atoms with Crippen LogP contribution in [-0.2, 0) is 13.3 Å².